The van der Waals surface area contributed by atoms with Crippen LogP contribution in [0, 0.1) is 13.8 Å². The number of benzene rings is 2. The summed E-state index contributed by atoms with van der Waals surface area (Å²) >= 11 is 1.24. The summed E-state index contributed by atoms with van der Waals surface area (Å²) in [6, 6.07) is 11.2. The number of hydrogen-bond donors (Lipinski definition) is 0. The number of methoxy groups -OCH3 is 2. The first-order valence-electron chi connectivity index (χ1n) is 8.76. The number of Topliss-reactive ketones (excluding diaryl/α,β-unsaturated/α-hetero) is 1. The van der Waals surface area contributed by atoms with Crippen molar-refractivity contribution in [1.82, 2.24) is 10.2 Å². The lowest BCUT2D eigenvalue weighted by Gasteiger charge is -2.10. The molecule has 1 aromatic heterocycles. The molecular weight excluding hydrogens is 376 g/mol. The summed E-state index contributed by atoms with van der Waals surface area (Å²) in [7, 11) is 3.16. The summed E-state index contributed by atoms with van der Waals surface area (Å²) in [5.74, 6) is 1.63. The van der Waals surface area contributed by atoms with Gasteiger partial charge >= 0.3 is 0 Å². The lowest BCUT2D eigenvalue weighted by atomic mass is 10.0. The van der Waals surface area contributed by atoms with Gasteiger partial charge in [-0.3, -0.25) is 4.79 Å². The maximum atomic E-state index is 12.8. The van der Waals surface area contributed by atoms with Gasteiger partial charge in [0.15, 0.2) is 5.78 Å². The van der Waals surface area contributed by atoms with Crippen molar-refractivity contribution in [2.24, 2.45) is 0 Å². The Kier molecular flexibility index (Phi) is 6.04. The normalized spacial score (nSPS) is 11.9. The van der Waals surface area contributed by atoms with Gasteiger partial charge in [-0.05, 0) is 44.5 Å². The third-order valence-electron chi connectivity index (χ3n) is 4.31. The summed E-state index contributed by atoms with van der Waals surface area (Å²) in [5, 5.41) is 8.15. The molecule has 1 atom stereocenters. The van der Waals surface area contributed by atoms with E-state index < -0.39 is 0 Å². The van der Waals surface area contributed by atoms with Crippen LogP contribution in [0.5, 0.6) is 11.5 Å². The molecule has 0 saturated carbocycles. The summed E-state index contributed by atoms with van der Waals surface area (Å²) in [6.07, 6.45) is 0. The van der Waals surface area contributed by atoms with E-state index in [4.69, 9.17) is 13.9 Å². The number of hydrogen-bond acceptors (Lipinski definition) is 7. The van der Waals surface area contributed by atoms with Gasteiger partial charge in [-0.2, -0.15) is 0 Å². The van der Waals surface area contributed by atoms with Gasteiger partial charge < -0.3 is 13.9 Å². The number of aryl methyl sites for hydroxylation is 2. The molecule has 0 fully saturated rings. The van der Waals surface area contributed by atoms with Gasteiger partial charge in [0, 0.05) is 17.2 Å². The Bertz CT molecular complexity index is 978. The van der Waals surface area contributed by atoms with Crippen LogP contribution >= 0.6 is 11.8 Å². The molecule has 3 rings (SSSR count). The molecule has 0 bridgehead atoms. The van der Waals surface area contributed by atoms with E-state index in [0.29, 0.717) is 28.2 Å². The van der Waals surface area contributed by atoms with E-state index in [1.807, 2.05) is 39.0 Å². The van der Waals surface area contributed by atoms with Crippen LogP contribution in [0.4, 0.5) is 0 Å². The van der Waals surface area contributed by atoms with Gasteiger partial charge in [0.25, 0.3) is 5.22 Å². The Morgan fingerprint density at radius 3 is 2.36 bits per heavy atom. The molecule has 7 heteroatoms. The van der Waals surface area contributed by atoms with Crippen molar-refractivity contribution in [3.63, 3.8) is 0 Å². The van der Waals surface area contributed by atoms with Crippen LogP contribution in [0.15, 0.2) is 46.0 Å². The highest BCUT2D eigenvalue weighted by atomic mass is 32.2. The number of nitrogens with zero attached hydrogens (tertiary/aromatic N) is 2. The molecule has 1 heterocycles. The second kappa shape index (κ2) is 8.48. The lowest BCUT2D eigenvalue weighted by molar-refractivity contribution is 0.0993. The molecule has 0 amide bonds. The molecule has 0 spiro atoms. The Morgan fingerprint density at radius 2 is 1.71 bits per heavy atom. The standard InChI is InChI=1S/C21H22N2O4S/c1-12-6-7-13(2)18(8-12)19(24)14(3)28-21-23-22-20(27-21)15-9-16(25-4)11-17(10-15)26-5/h6-11,14H,1-5H3/t14-/m1/s1. The minimum absolute atomic E-state index is 0.0361. The van der Waals surface area contributed by atoms with Crippen LogP contribution < -0.4 is 9.47 Å². The van der Waals surface area contributed by atoms with E-state index in [9.17, 15) is 4.79 Å². The molecule has 0 unspecified atom stereocenters. The van der Waals surface area contributed by atoms with Gasteiger partial charge in [0.05, 0.1) is 19.5 Å². The zero-order chi connectivity index (χ0) is 20.3. The summed E-state index contributed by atoms with van der Waals surface area (Å²) < 4.78 is 16.3. The van der Waals surface area contributed by atoms with Crippen LogP contribution in [-0.2, 0) is 0 Å². The third kappa shape index (κ3) is 4.36. The number of thioether (sulfide) groups is 1. The lowest BCUT2D eigenvalue weighted by Crippen LogP contribution is -2.15. The number of carbonyl (C=O) groups is 1. The zero-order valence-electron chi connectivity index (χ0n) is 16.5. The average Bonchev–Trinajstić information content (AvgIpc) is 3.17. The minimum Gasteiger partial charge on any atom is -0.497 e. The number of ether oxygens (including phenoxy) is 2. The van der Waals surface area contributed by atoms with E-state index in [1.54, 1.807) is 32.4 Å². The van der Waals surface area contributed by atoms with Crippen molar-refractivity contribution in [3.05, 3.63) is 53.1 Å². The van der Waals surface area contributed by atoms with Gasteiger partial charge in [0.2, 0.25) is 5.89 Å². The van der Waals surface area contributed by atoms with Crippen molar-refractivity contribution in [1.29, 1.82) is 0 Å². The second-order valence-corrected chi connectivity index (χ2v) is 7.71. The Morgan fingerprint density at radius 1 is 1.04 bits per heavy atom. The Balaban J connectivity index is 1.79. The van der Waals surface area contributed by atoms with Crippen LogP contribution in [0.2, 0.25) is 0 Å². The molecule has 2 aromatic carbocycles. The highest BCUT2D eigenvalue weighted by Crippen LogP contribution is 2.32. The Labute approximate surface area is 168 Å². The van der Waals surface area contributed by atoms with E-state index in [0.717, 1.165) is 16.7 Å². The van der Waals surface area contributed by atoms with Crippen molar-refractivity contribution in [2.75, 3.05) is 14.2 Å². The van der Waals surface area contributed by atoms with Crippen molar-refractivity contribution < 1.29 is 18.7 Å². The highest BCUT2D eigenvalue weighted by molar-refractivity contribution is 8.00. The molecule has 0 radical (unpaired) electrons. The molecule has 0 aliphatic carbocycles. The molecule has 0 N–H and O–H groups in total. The largest absolute Gasteiger partial charge is 0.497 e. The molecule has 3 aromatic rings. The Hall–Kier alpha value is -2.80. The first-order chi connectivity index (χ1) is 13.4. The minimum atomic E-state index is -0.353. The van der Waals surface area contributed by atoms with Crippen LogP contribution in [0.3, 0.4) is 0 Å². The molecule has 0 aliphatic heterocycles. The smallest absolute Gasteiger partial charge is 0.277 e. The molecule has 28 heavy (non-hydrogen) atoms. The number of aromatic nitrogens is 2. The average molecular weight is 398 g/mol. The predicted molar refractivity (Wildman–Crippen MR) is 108 cm³/mol. The van der Waals surface area contributed by atoms with E-state index in [2.05, 4.69) is 10.2 Å². The summed E-state index contributed by atoms with van der Waals surface area (Å²) in [6.45, 7) is 5.75. The van der Waals surface area contributed by atoms with Gasteiger partial charge in [0.1, 0.15) is 11.5 Å². The molecule has 146 valence electrons. The fourth-order valence-corrected chi connectivity index (χ4v) is 3.48. The fourth-order valence-electron chi connectivity index (χ4n) is 2.73. The SMILES string of the molecule is COc1cc(OC)cc(-c2nnc(S[C@H](C)C(=O)c3cc(C)ccc3C)o2)c1. The first-order valence-corrected chi connectivity index (χ1v) is 9.64. The second-order valence-electron chi connectivity index (χ2n) is 6.42. The van der Waals surface area contributed by atoms with Gasteiger partial charge in [-0.25, -0.2) is 0 Å². The van der Waals surface area contributed by atoms with Crippen molar-refractivity contribution >= 4 is 17.5 Å². The van der Waals surface area contributed by atoms with Crippen LogP contribution in [-0.4, -0.2) is 35.5 Å². The molecule has 6 nitrogen and oxygen atoms in total. The van der Waals surface area contributed by atoms with Gasteiger partial charge in [-0.1, -0.05) is 29.5 Å². The monoisotopic (exact) mass is 398 g/mol. The molecular formula is C21H22N2O4S. The van der Waals surface area contributed by atoms with E-state index in [-0.39, 0.29) is 11.0 Å². The quantitative estimate of drug-likeness (QED) is 0.420. The maximum absolute atomic E-state index is 12.8. The third-order valence-corrected chi connectivity index (χ3v) is 5.24. The number of rotatable bonds is 7. The number of ketones is 1. The van der Waals surface area contributed by atoms with Crippen LogP contribution in [0.25, 0.3) is 11.5 Å². The first kappa shape index (κ1) is 19.9. The highest BCUT2D eigenvalue weighted by Gasteiger charge is 2.22. The van der Waals surface area contributed by atoms with Gasteiger partial charge in [-0.15, -0.1) is 10.2 Å². The van der Waals surface area contributed by atoms with Crippen molar-refractivity contribution in [2.45, 2.75) is 31.2 Å². The van der Waals surface area contributed by atoms with Crippen LogP contribution in [0.1, 0.15) is 28.4 Å². The number of carbonyl (C=O) groups excluding carboxylic acids is 1. The predicted octanol–water partition coefficient (Wildman–Crippen LogP) is 4.73. The molecule has 0 aliphatic rings. The summed E-state index contributed by atoms with van der Waals surface area (Å²) in [5.41, 5.74) is 3.41. The molecule has 0 saturated heterocycles. The topological polar surface area (TPSA) is 74.5 Å². The van der Waals surface area contributed by atoms with Crippen molar-refractivity contribution in [3.8, 4) is 23.0 Å². The summed E-state index contributed by atoms with van der Waals surface area (Å²) in [4.78, 5) is 12.8. The fraction of sp³-hybridized carbons (Fsp3) is 0.286. The van der Waals surface area contributed by atoms with E-state index in [1.165, 1.54) is 11.8 Å². The maximum Gasteiger partial charge on any atom is 0.277 e. The van der Waals surface area contributed by atoms with E-state index >= 15 is 0 Å². The zero-order valence-corrected chi connectivity index (χ0v) is 17.3.